The molecule has 2 heteroatoms. The summed E-state index contributed by atoms with van der Waals surface area (Å²) in [6.07, 6.45) is 10.2. The van der Waals surface area contributed by atoms with E-state index in [0.29, 0.717) is 41.8 Å². The van der Waals surface area contributed by atoms with Gasteiger partial charge < -0.3 is 5.11 Å². The second kappa shape index (κ2) is 7.56. The number of aliphatic hydroxyl groups is 1. The van der Waals surface area contributed by atoms with Crippen LogP contribution in [0.25, 0.3) is 0 Å². The average Bonchev–Trinajstić information content (AvgIpc) is 3.00. The van der Waals surface area contributed by atoms with E-state index in [1.54, 1.807) is 0 Å². The number of hydrogen-bond donors (Lipinski definition) is 1. The van der Waals surface area contributed by atoms with E-state index < -0.39 is 0 Å². The van der Waals surface area contributed by atoms with Gasteiger partial charge in [-0.1, -0.05) is 40.2 Å². The van der Waals surface area contributed by atoms with E-state index in [1.807, 2.05) is 6.08 Å². The fourth-order valence-electron chi connectivity index (χ4n) is 7.92. The fourth-order valence-corrected chi connectivity index (χ4v) is 7.92. The number of fused-ring (bicyclic) bond motifs is 5. The van der Waals surface area contributed by atoms with Crippen molar-refractivity contribution in [2.45, 2.75) is 92.1 Å². The third kappa shape index (κ3) is 3.42. The highest BCUT2D eigenvalue weighted by molar-refractivity contribution is 5.94. The first kappa shape index (κ1) is 21.2. The summed E-state index contributed by atoms with van der Waals surface area (Å²) in [6, 6.07) is 0. The number of carbonyl (C=O) groups is 1. The molecule has 0 aliphatic heterocycles. The van der Waals surface area contributed by atoms with Crippen molar-refractivity contribution >= 4 is 5.78 Å². The van der Waals surface area contributed by atoms with E-state index in [2.05, 4.69) is 46.5 Å². The van der Waals surface area contributed by atoms with Gasteiger partial charge in [0.2, 0.25) is 0 Å². The van der Waals surface area contributed by atoms with E-state index in [0.717, 1.165) is 19.3 Å². The van der Waals surface area contributed by atoms with Crippen LogP contribution in [0.5, 0.6) is 0 Å². The number of rotatable bonds is 2. The van der Waals surface area contributed by atoms with Crippen LogP contribution in [-0.4, -0.2) is 17.0 Å². The van der Waals surface area contributed by atoms with Gasteiger partial charge in [-0.3, -0.25) is 4.79 Å². The number of hydrogen-bond acceptors (Lipinski definition) is 2. The number of carbonyl (C=O) groups excluding carboxylic acids is 1. The molecular weight excluding hydrogens is 356 g/mol. The molecule has 3 saturated carbocycles. The third-order valence-electron chi connectivity index (χ3n) is 9.49. The first-order chi connectivity index (χ1) is 13.7. The number of aliphatic hydroxyl groups excluding tert-OH is 1. The standard InChI is InChI=1S/C27H40O2/c1-17(2)7-6-8-18(3)21-9-10-22-25-23(12-14-27(21,22)5)26(4)13-11-20(28)15-19(26)16-24(25)29/h16-18,20-23,25,28H,8-15H2,1-5H3/t18-,20-,21+,22-,23-,25-,26-,27+/m0/s1. The van der Waals surface area contributed by atoms with Gasteiger partial charge in [0.1, 0.15) is 0 Å². The summed E-state index contributed by atoms with van der Waals surface area (Å²) in [4.78, 5) is 13.4. The second-order valence-electron chi connectivity index (χ2n) is 11.5. The van der Waals surface area contributed by atoms with Crippen LogP contribution in [0, 0.1) is 58.2 Å². The summed E-state index contributed by atoms with van der Waals surface area (Å²) in [7, 11) is 0. The summed E-state index contributed by atoms with van der Waals surface area (Å²) in [5.41, 5.74) is 1.66. The molecule has 160 valence electrons. The lowest BCUT2D eigenvalue weighted by molar-refractivity contribution is -0.135. The smallest absolute Gasteiger partial charge is 0.159 e. The lowest BCUT2D eigenvalue weighted by Gasteiger charge is -2.57. The molecule has 4 rings (SSSR count). The second-order valence-corrected chi connectivity index (χ2v) is 11.5. The Morgan fingerprint density at radius 2 is 1.86 bits per heavy atom. The summed E-state index contributed by atoms with van der Waals surface area (Å²) in [6.45, 7) is 11.6. The first-order valence-corrected chi connectivity index (χ1v) is 12.1. The predicted octanol–water partition coefficient (Wildman–Crippen LogP) is 5.79. The molecular formula is C27H40O2. The van der Waals surface area contributed by atoms with E-state index in [9.17, 15) is 9.90 Å². The van der Waals surface area contributed by atoms with Crippen LogP contribution in [-0.2, 0) is 4.79 Å². The minimum absolute atomic E-state index is 0.131. The zero-order chi connectivity index (χ0) is 21.0. The van der Waals surface area contributed by atoms with E-state index >= 15 is 0 Å². The Labute approximate surface area is 177 Å². The molecule has 0 aromatic rings. The molecule has 0 heterocycles. The quantitative estimate of drug-likeness (QED) is 0.600. The van der Waals surface area contributed by atoms with Crippen molar-refractivity contribution in [3.05, 3.63) is 11.6 Å². The van der Waals surface area contributed by atoms with Crippen molar-refractivity contribution in [1.82, 2.24) is 0 Å². The molecule has 0 radical (unpaired) electrons. The largest absolute Gasteiger partial charge is 0.393 e. The van der Waals surface area contributed by atoms with Gasteiger partial charge in [0.25, 0.3) is 0 Å². The van der Waals surface area contributed by atoms with Crippen molar-refractivity contribution in [3.8, 4) is 11.8 Å². The molecule has 0 unspecified atom stereocenters. The van der Waals surface area contributed by atoms with Gasteiger partial charge >= 0.3 is 0 Å². The molecule has 0 aromatic heterocycles. The van der Waals surface area contributed by atoms with Crippen LogP contribution in [0.1, 0.15) is 86.0 Å². The molecule has 0 spiro atoms. The highest BCUT2D eigenvalue weighted by Gasteiger charge is 2.61. The Morgan fingerprint density at radius 3 is 2.59 bits per heavy atom. The van der Waals surface area contributed by atoms with Crippen LogP contribution in [0.3, 0.4) is 0 Å². The van der Waals surface area contributed by atoms with Crippen molar-refractivity contribution in [2.75, 3.05) is 0 Å². The molecule has 1 N–H and O–H groups in total. The van der Waals surface area contributed by atoms with Gasteiger partial charge in [-0.15, -0.1) is 11.8 Å². The Hall–Kier alpha value is -1.07. The monoisotopic (exact) mass is 396 g/mol. The Kier molecular flexibility index (Phi) is 5.52. The third-order valence-corrected chi connectivity index (χ3v) is 9.49. The molecule has 3 fully saturated rings. The maximum Gasteiger partial charge on any atom is 0.159 e. The minimum Gasteiger partial charge on any atom is -0.393 e. The summed E-state index contributed by atoms with van der Waals surface area (Å²) in [5.74, 6) is 10.1. The molecule has 4 aliphatic rings. The van der Waals surface area contributed by atoms with Crippen molar-refractivity contribution in [1.29, 1.82) is 0 Å². The topological polar surface area (TPSA) is 37.3 Å². The van der Waals surface area contributed by atoms with Crippen LogP contribution >= 0.6 is 0 Å². The van der Waals surface area contributed by atoms with E-state index in [4.69, 9.17) is 0 Å². The van der Waals surface area contributed by atoms with Crippen LogP contribution in [0.15, 0.2) is 11.6 Å². The fraction of sp³-hybridized carbons (Fsp3) is 0.815. The molecule has 29 heavy (non-hydrogen) atoms. The van der Waals surface area contributed by atoms with E-state index in [-0.39, 0.29) is 22.9 Å². The maximum atomic E-state index is 13.4. The minimum atomic E-state index is -0.254. The van der Waals surface area contributed by atoms with Crippen molar-refractivity contribution < 1.29 is 9.90 Å². The Balaban J connectivity index is 1.58. The van der Waals surface area contributed by atoms with Crippen molar-refractivity contribution in [3.63, 3.8) is 0 Å². The van der Waals surface area contributed by atoms with Crippen LogP contribution < -0.4 is 0 Å². The van der Waals surface area contributed by atoms with Gasteiger partial charge in [-0.2, -0.15) is 0 Å². The summed E-state index contributed by atoms with van der Waals surface area (Å²) in [5, 5.41) is 10.2. The highest BCUT2D eigenvalue weighted by atomic mass is 16.3. The zero-order valence-corrected chi connectivity index (χ0v) is 19.1. The van der Waals surface area contributed by atoms with Gasteiger partial charge in [-0.05, 0) is 85.5 Å². The lowest BCUT2D eigenvalue weighted by Crippen LogP contribution is -2.53. The first-order valence-electron chi connectivity index (χ1n) is 12.1. The van der Waals surface area contributed by atoms with Crippen LogP contribution in [0.2, 0.25) is 0 Å². The molecule has 0 amide bonds. The number of allylic oxidation sites excluding steroid dienone is 1. The molecule has 0 aromatic carbocycles. The molecule has 8 atom stereocenters. The average molecular weight is 397 g/mol. The Bertz CT molecular complexity index is 752. The van der Waals surface area contributed by atoms with Crippen LogP contribution in [0.4, 0.5) is 0 Å². The summed E-state index contributed by atoms with van der Waals surface area (Å²) < 4.78 is 0. The SMILES string of the molecule is CC(C)C#CC[C@H](C)[C@H]1CC[C@H]2[C@@H]3C(=O)C=C4C[C@@H](O)CC[C@]4(C)[C@H]3CC[C@]12C. The van der Waals surface area contributed by atoms with E-state index in [1.165, 1.54) is 31.3 Å². The highest BCUT2D eigenvalue weighted by Crippen LogP contribution is 2.66. The van der Waals surface area contributed by atoms with Gasteiger partial charge in [0.05, 0.1) is 6.10 Å². The Morgan fingerprint density at radius 1 is 1.10 bits per heavy atom. The molecule has 2 nitrogen and oxygen atoms in total. The molecule has 0 saturated heterocycles. The predicted molar refractivity (Wildman–Crippen MR) is 118 cm³/mol. The normalized spacial score (nSPS) is 44.9. The van der Waals surface area contributed by atoms with Gasteiger partial charge in [-0.25, -0.2) is 0 Å². The number of ketones is 1. The maximum absolute atomic E-state index is 13.4. The van der Waals surface area contributed by atoms with Gasteiger partial charge in [0.15, 0.2) is 5.78 Å². The molecule has 0 bridgehead atoms. The zero-order valence-electron chi connectivity index (χ0n) is 19.1. The lowest BCUT2D eigenvalue weighted by atomic mass is 9.46. The van der Waals surface area contributed by atoms with Crippen molar-refractivity contribution in [2.24, 2.45) is 46.3 Å². The summed E-state index contributed by atoms with van der Waals surface area (Å²) >= 11 is 0. The van der Waals surface area contributed by atoms with Gasteiger partial charge in [0, 0.05) is 18.3 Å². The molecule has 4 aliphatic carbocycles.